The second-order valence-electron chi connectivity index (χ2n) is 5.78. The molecule has 0 bridgehead atoms. The number of nitrogens with zero attached hydrogens (tertiary/aromatic N) is 2. The lowest BCUT2D eigenvalue weighted by Gasteiger charge is -2.22. The first-order chi connectivity index (χ1) is 10.4. The molecular weight excluding hydrogens is 282 g/mol. The van der Waals surface area contributed by atoms with Crippen LogP contribution in [-0.4, -0.2) is 28.2 Å². The Labute approximate surface area is 128 Å². The molecule has 0 saturated carbocycles. The SMILES string of the molecule is c1ccc2c(c1)CCC(c1noc(C3CSCCN3)n1)C2. The van der Waals surface area contributed by atoms with Gasteiger partial charge in [-0.15, -0.1) is 0 Å². The first-order valence-corrected chi connectivity index (χ1v) is 8.77. The number of fused-ring (bicyclic) bond motifs is 1. The molecule has 1 aromatic carbocycles. The van der Waals surface area contributed by atoms with Gasteiger partial charge in [0.1, 0.15) is 0 Å². The van der Waals surface area contributed by atoms with E-state index in [9.17, 15) is 0 Å². The smallest absolute Gasteiger partial charge is 0.244 e. The maximum Gasteiger partial charge on any atom is 0.244 e. The molecule has 1 aliphatic carbocycles. The Morgan fingerprint density at radius 3 is 3.00 bits per heavy atom. The quantitative estimate of drug-likeness (QED) is 0.924. The minimum atomic E-state index is 0.223. The summed E-state index contributed by atoms with van der Waals surface area (Å²) in [5.74, 6) is 4.23. The molecule has 21 heavy (non-hydrogen) atoms. The van der Waals surface area contributed by atoms with Gasteiger partial charge in [-0.1, -0.05) is 29.4 Å². The van der Waals surface area contributed by atoms with Crippen LogP contribution in [0.25, 0.3) is 0 Å². The van der Waals surface area contributed by atoms with E-state index < -0.39 is 0 Å². The lowest BCUT2D eigenvalue weighted by Crippen LogP contribution is -2.30. The van der Waals surface area contributed by atoms with Crippen LogP contribution in [0.1, 0.15) is 41.2 Å². The van der Waals surface area contributed by atoms with Crippen LogP contribution < -0.4 is 5.32 Å². The molecule has 1 N–H and O–H groups in total. The number of nitrogens with one attached hydrogen (secondary N) is 1. The van der Waals surface area contributed by atoms with Gasteiger partial charge in [-0.25, -0.2) is 0 Å². The van der Waals surface area contributed by atoms with Gasteiger partial charge in [0, 0.05) is 24.0 Å². The zero-order valence-electron chi connectivity index (χ0n) is 11.9. The number of rotatable bonds is 2. The standard InChI is InChI=1S/C16H19N3OS/c1-2-4-12-9-13(6-5-11(12)3-1)15-18-16(20-19-15)14-10-21-8-7-17-14/h1-4,13-14,17H,5-10H2. The second kappa shape index (κ2) is 5.81. The average molecular weight is 301 g/mol. The van der Waals surface area contributed by atoms with Crippen molar-refractivity contribution in [2.24, 2.45) is 0 Å². The van der Waals surface area contributed by atoms with Crippen molar-refractivity contribution in [3.8, 4) is 0 Å². The lowest BCUT2D eigenvalue weighted by molar-refractivity contribution is 0.335. The van der Waals surface area contributed by atoms with E-state index in [-0.39, 0.29) is 6.04 Å². The third-order valence-electron chi connectivity index (χ3n) is 4.39. The van der Waals surface area contributed by atoms with Crippen LogP contribution in [0.3, 0.4) is 0 Å². The summed E-state index contributed by atoms with van der Waals surface area (Å²) in [6, 6.07) is 8.92. The average Bonchev–Trinajstić information content (AvgIpc) is 3.05. The topological polar surface area (TPSA) is 51.0 Å². The van der Waals surface area contributed by atoms with Gasteiger partial charge in [0.2, 0.25) is 5.89 Å². The molecule has 1 saturated heterocycles. The van der Waals surface area contributed by atoms with Gasteiger partial charge in [0.25, 0.3) is 0 Å². The van der Waals surface area contributed by atoms with E-state index in [0.717, 1.165) is 49.0 Å². The highest BCUT2D eigenvalue weighted by Crippen LogP contribution is 2.32. The Balaban J connectivity index is 1.51. The van der Waals surface area contributed by atoms with Crippen LogP contribution >= 0.6 is 11.8 Å². The first kappa shape index (κ1) is 13.3. The summed E-state index contributed by atoms with van der Waals surface area (Å²) >= 11 is 1.94. The molecule has 0 spiro atoms. The van der Waals surface area contributed by atoms with Gasteiger partial charge in [-0.2, -0.15) is 16.7 Å². The summed E-state index contributed by atoms with van der Waals surface area (Å²) in [4.78, 5) is 4.68. The van der Waals surface area contributed by atoms with Crippen molar-refractivity contribution in [3.05, 3.63) is 47.1 Å². The lowest BCUT2D eigenvalue weighted by atomic mass is 9.83. The van der Waals surface area contributed by atoms with Crippen molar-refractivity contribution < 1.29 is 4.52 Å². The predicted octanol–water partition coefficient (Wildman–Crippen LogP) is 2.72. The summed E-state index contributed by atoms with van der Waals surface area (Å²) in [7, 11) is 0. The highest BCUT2D eigenvalue weighted by atomic mass is 32.2. The molecule has 2 heterocycles. The monoisotopic (exact) mass is 301 g/mol. The third kappa shape index (κ3) is 2.72. The Morgan fingerprint density at radius 1 is 1.24 bits per heavy atom. The number of aromatic nitrogens is 2. The van der Waals surface area contributed by atoms with E-state index >= 15 is 0 Å². The third-order valence-corrected chi connectivity index (χ3v) is 5.45. The van der Waals surface area contributed by atoms with Crippen molar-refractivity contribution >= 4 is 11.8 Å². The van der Waals surface area contributed by atoms with E-state index in [1.54, 1.807) is 0 Å². The normalized spacial score (nSPS) is 25.5. The molecule has 4 nitrogen and oxygen atoms in total. The molecule has 1 aromatic heterocycles. The highest BCUT2D eigenvalue weighted by molar-refractivity contribution is 7.99. The van der Waals surface area contributed by atoms with Gasteiger partial charge in [-0.3, -0.25) is 0 Å². The highest BCUT2D eigenvalue weighted by Gasteiger charge is 2.27. The van der Waals surface area contributed by atoms with Crippen LogP contribution in [-0.2, 0) is 12.8 Å². The predicted molar refractivity (Wildman–Crippen MR) is 83.6 cm³/mol. The zero-order chi connectivity index (χ0) is 14.1. The van der Waals surface area contributed by atoms with Crippen molar-refractivity contribution in [1.82, 2.24) is 15.5 Å². The summed E-state index contributed by atoms with van der Waals surface area (Å²) in [6.07, 6.45) is 3.26. The van der Waals surface area contributed by atoms with Crippen LogP contribution in [0, 0.1) is 0 Å². The van der Waals surface area contributed by atoms with Crippen molar-refractivity contribution in [3.63, 3.8) is 0 Å². The number of hydrogen-bond acceptors (Lipinski definition) is 5. The molecule has 2 aliphatic rings. The Hall–Kier alpha value is -1.33. The number of benzene rings is 1. The molecule has 1 aliphatic heterocycles. The summed E-state index contributed by atoms with van der Waals surface area (Å²) < 4.78 is 5.51. The van der Waals surface area contributed by atoms with Crippen molar-refractivity contribution in [2.75, 3.05) is 18.1 Å². The maximum absolute atomic E-state index is 5.51. The molecule has 5 heteroatoms. The molecule has 4 rings (SSSR count). The van der Waals surface area contributed by atoms with Gasteiger partial charge in [-0.05, 0) is 30.4 Å². The van der Waals surface area contributed by atoms with Crippen molar-refractivity contribution in [1.29, 1.82) is 0 Å². The molecule has 2 unspecified atom stereocenters. The molecule has 2 atom stereocenters. The van der Waals surface area contributed by atoms with Gasteiger partial charge < -0.3 is 9.84 Å². The molecule has 0 radical (unpaired) electrons. The fourth-order valence-electron chi connectivity index (χ4n) is 3.20. The minimum absolute atomic E-state index is 0.223. The molecule has 110 valence electrons. The van der Waals surface area contributed by atoms with E-state index in [1.165, 1.54) is 11.1 Å². The number of hydrogen-bond donors (Lipinski definition) is 1. The summed E-state index contributed by atoms with van der Waals surface area (Å²) in [6.45, 7) is 1.02. The van der Waals surface area contributed by atoms with Crippen LogP contribution in [0.5, 0.6) is 0 Å². The van der Waals surface area contributed by atoms with Crippen LogP contribution in [0.4, 0.5) is 0 Å². The van der Waals surface area contributed by atoms with Crippen molar-refractivity contribution in [2.45, 2.75) is 31.2 Å². The van der Waals surface area contributed by atoms with E-state index in [1.807, 2.05) is 11.8 Å². The van der Waals surface area contributed by atoms with Gasteiger partial charge >= 0.3 is 0 Å². The van der Waals surface area contributed by atoms with E-state index in [2.05, 4.69) is 39.7 Å². The Bertz CT molecular complexity index is 621. The van der Waals surface area contributed by atoms with E-state index in [4.69, 9.17) is 4.52 Å². The Kier molecular flexibility index (Phi) is 3.69. The summed E-state index contributed by atoms with van der Waals surface area (Å²) in [5.41, 5.74) is 2.91. The maximum atomic E-state index is 5.51. The Morgan fingerprint density at radius 2 is 2.14 bits per heavy atom. The molecular formula is C16H19N3OS. The molecule has 2 aromatic rings. The number of thioether (sulfide) groups is 1. The zero-order valence-corrected chi connectivity index (χ0v) is 12.7. The summed E-state index contributed by atoms with van der Waals surface area (Å²) in [5, 5.41) is 7.70. The second-order valence-corrected chi connectivity index (χ2v) is 6.93. The van der Waals surface area contributed by atoms with Crippen LogP contribution in [0.15, 0.2) is 28.8 Å². The van der Waals surface area contributed by atoms with Crippen LogP contribution in [0.2, 0.25) is 0 Å². The molecule has 0 amide bonds. The largest absolute Gasteiger partial charge is 0.338 e. The molecule has 1 fully saturated rings. The fourth-order valence-corrected chi connectivity index (χ4v) is 4.12. The van der Waals surface area contributed by atoms with Gasteiger partial charge in [0.15, 0.2) is 5.82 Å². The van der Waals surface area contributed by atoms with Gasteiger partial charge in [0.05, 0.1) is 6.04 Å². The van der Waals surface area contributed by atoms with E-state index in [0.29, 0.717) is 5.92 Å². The minimum Gasteiger partial charge on any atom is -0.338 e. The fraction of sp³-hybridized carbons (Fsp3) is 0.500. The first-order valence-electron chi connectivity index (χ1n) is 7.61. The number of aryl methyl sites for hydroxylation is 1.